The molecular weight excluding hydrogens is 168 g/mol. The first-order valence-electron chi connectivity index (χ1n) is 5.47. The molecule has 0 saturated heterocycles. The van der Waals surface area contributed by atoms with Crippen molar-refractivity contribution < 1.29 is 0 Å². The molecule has 0 bridgehead atoms. The lowest BCUT2D eigenvalue weighted by Gasteiger charge is -2.08. The molecule has 76 valence electrons. The zero-order valence-corrected chi connectivity index (χ0v) is 9.34. The fraction of sp³-hybridized carbons (Fsp3) is 0.429. The van der Waals surface area contributed by atoms with Gasteiger partial charge in [-0.05, 0) is 43.7 Å². The second-order valence-electron chi connectivity index (χ2n) is 3.81. The molecule has 0 aliphatic carbocycles. The minimum absolute atomic E-state index is 1.12. The van der Waals surface area contributed by atoms with Crippen LogP contribution in [-0.2, 0) is 12.8 Å². The van der Waals surface area contributed by atoms with Gasteiger partial charge in [0.25, 0.3) is 0 Å². The van der Waals surface area contributed by atoms with E-state index in [0.717, 1.165) is 12.8 Å². The summed E-state index contributed by atoms with van der Waals surface area (Å²) in [7, 11) is 0. The summed E-state index contributed by atoms with van der Waals surface area (Å²) in [5.41, 5.74) is 4.39. The van der Waals surface area contributed by atoms with Crippen molar-refractivity contribution in [1.29, 1.82) is 0 Å². The highest BCUT2D eigenvalue weighted by Gasteiger charge is 2.00. The zero-order chi connectivity index (χ0) is 10.4. The minimum atomic E-state index is 1.12. The Balaban J connectivity index is 2.71. The molecule has 0 N–H and O–H groups in total. The van der Waals surface area contributed by atoms with Crippen molar-refractivity contribution in [1.82, 2.24) is 0 Å². The van der Waals surface area contributed by atoms with Gasteiger partial charge in [0.05, 0.1) is 0 Å². The predicted molar refractivity (Wildman–Crippen MR) is 63.7 cm³/mol. The molecule has 0 aliphatic heterocycles. The fourth-order valence-electron chi connectivity index (χ4n) is 1.77. The number of allylic oxidation sites excluding steroid dienone is 1. The van der Waals surface area contributed by atoms with Crippen LogP contribution in [0.15, 0.2) is 30.9 Å². The highest BCUT2D eigenvalue weighted by atomic mass is 14.1. The Hall–Kier alpha value is -1.04. The molecule has 0 spiro atoms. The van der Waals surface area contributed by atoms with Crippen molar-refractivity contribution in [3.8, 4) is 0 Å². The maximum atomic E-state index is 3.75. The lowest BCUT2D eigenvalue weighted by Crippen LogP contribution is -1.93. The Morgan fingerprint density at radius 1 is 1.29 bits per heavy atom. The maximum Gasteiger partial charge on any atom is -0.0273 e. The molecule has 0 heteroatoms. The van der Waals surface area contributed by atoms with Crippen molar-refractivity contribution in [2.45, 2.75) is 39.5 Å². The third-order valence-corrected chi connectivity index (χ3v) is 2.60. The van der Waals surface area contributed by atoms with Crippen molar-refractivity contribution >= 4 is 0 Å². The summed E-state index contributed by atoms with van der Waals surface area (Å²) < 4.78 is 0. The normalized spacial score (nSPS) is 10.1. The summed E-state index contributed by atoms with van der Waals surface area (Å²) in [6.45, 7) is 8.14. The van der Waals surface area contributed by atoms with Gasteiger partial charge < -0.3 is 0 Å². The van der Waals surface area contributed by atoms with Gasteiger partial charge in [0.15, 0.2) is 0 Å². The fourth-order valence-corrected chi connectivity index (χ4v) is 1.77. The average Bonchev–Trinajstić information content (AvgIpc) is 2.19. The SMILES string of the molecule is C=CCCCc1cc(C)ccc1CC. The van der Waals surface area contributed by atoms with E-state index < -0.39 is 0 Å². The van der Waals surface area contributed by atoms with Crippen LogP contribution in [0.4, 0.5) is 0 Å². The van der Waals surface area contributed by atoms with E-state index in [4.69, 9.17) is 0 Å². The molecule has 0 amide bonds. The van der Waals surface area contributed by atoms with Crippen molar-refractivity contribution in [3.05, 3.63) is 47.5 Å². The van der Waals surface area contributed by atoms with E-state index in [1.807, 2.05) is 6.08 Å². The standard InChI is InChI=1S/C14H20/c1-4-6-7-8-14-11-12(3)9-10-13(14)5-2/h4,9-11H,1,5-8H2,2-3H3. The number of aryl methyl sites for hydroxylation is 3. The summed E-state index contributed by atoms with van der Waals surface area (Å²) >= 11 is 0. The molecule has 0 aliphatic rings. The summed E-state index contributed by atoms with van der Waals surface area (Å²) in [5, 5.41) is 0. The van der Waals surface area contributed by atoms with E-state index in [1.165, 1.54) is 29.5 Å². The van der Waals surface area contributed by atoms with Gasteiger partial charge in [-0.25, -0.2) is 0 Å². The van der Waals surface area contributed by atoms with Crippen LogP contribution >= 0.6 is 0 Å². The van der Waals surface area contributed by atoms with Crippen LogP contribution in [0.25, 0.3) is 0 Å². The van der Waals surface area contributed by atoms with Gasteiger partial charge in [-0.2, -0.15) is 0 Å². The van der Waals surface area contributed by atoms with E-state index in [0.29, 0.717) is 0 Å². The van der Waals surface area contributed by atoms with E-state index in [9.17, 15) is 0 Å². The molecule has 0 nitrogen and oxygen atoms in total. The van der Waals surface area contributed by atoms with Gasteiger partial charge >= 0.3 is 0 Å². The first kappa shape index (κ1) is 11.0. The third kappa shape index (κ3) is 3.02. The van der Waals surface area contributed by atoms with Gasteiger partial charge in [0.1, 0.15) is 0 Å². The molecule has 14 heavy (non-hydrogen) atoms. The molecule has 0 fully saturated rings. The highest BCUT2D eigenvalue weighted by molar-refractivity contribution is 5.31. The number of benzene rings is 1. The molecule has 0 saturated carbocycles. The first-order valence-corrected chi connectivity index (χ1v) is 5.47. The molecule has 0 atom stereocenters. The second-order valence-corrected chi connectivity index (χ2v) is 3.81. The molecule has 1 aromatic carbocycles. The highest BCUT2D eigenvalue weighted by Crippen LogP contribution is 2.15. The Labute approximate surface area is 87.7 Å². The lowest BCUT2D eigenvalue weighted by atomic mass is 9.98. The summed E-state index contributed by atoms with van der Waals surface area (Å²) in [6.07, 6.45) is 6.68. The number of hydrogen-bond donors (Lipinski definition) is 0. The first-order chi connectivity index (χ1) is 6.77. The van der Waals surface area contributed by atoms with E-state index in [1.54, 1.807) is 0 Å². The largest absolute Gasteiger partial charge is 0.103 e. The molecule has 1 rings (SSSR count). The Kier molecular flexibility index (Phi) is 4.45. The quantitative estimate of drug-likeness (QED) is 0.483. The van der Waals surface area contributed by atoms with Crippen molar-refractivity contribution in [2.75, 3.05) is 0 Å². The smallest absolute Gasteiger partial charge is 0.0273 e. The minimum Gasteiger partial charge on any atom is -0.103 e. The van der Waals surface area contributed by atoms with Crippen molar-refractivity contribution in [3.63, 3.8) is 0 Å². The summed E-state index contributed by atoms with van der Waals surface area (Å²) in [6, 6.07) is 6.79. The molecule has 0 aromatic heterocycles. The van der Waals surface area contributed by atoms with Gasteiger partial charge in [0.2, 0.25) is 0 Å². The predicted octanol–water partition coefficient (Wildman–Crippen LogP) is 4.07. The second kappa shape index (κ2) is 5.64. The van der Waals surface area contributed by atoms with Crippen LogP contribution < -0.4 is 0 Å². The Morgan fingerprint density at radius 3 is 2.71 bits per heavy atom. The van der Waals surface area contributed by atoms with Crippen LogP contribution in [0.2, 0.25) is 0 Å². The molecular formula is C14H20. The number of rotatable bonds is 5. The van der Waals surface area contributed by atoms with Crippen LogP contribution in [0.3, 0.4) is 0 Å². The maximum absolute atomic E-state index is 3.75. The molecule has 0 radical (unpaired) electrons. The van der Waals surface area contributed by atoms with Crippen LogP contribution in [0.1, 0.15) is 36.5 Å². The summed E-state index contributed by atoms with van der Waals surface area (Å²) in [5.74, 6) is 0. The topological polar surface area (TPSA) is 0 Å². The van der Waals surface area contributed by atoms with Crippen LogP contribution in [0.5, 0.6) is 0 Å². The van der Waals surface area contributed by atoms with Gasteiger partial charge in [-0.1, -0.05) is 36.8 Å². The van der Waals surface area contributed by atoms with Gasteiger partial charge in [-0.15, -0.1) is 6.58 Å². The molecule has 0 unspecified atom stereocenters. The monoisotopic (exact) mass is 188 g/mol. The summed E-state index contributed by atoms with van der Waals surface area (Å²) in [4.78, 5) is 0. The third-order valence-electron chi connectivity index (χ3n) is 2.60. The molecule has 0 heterocycles. The van der Waals surface area contributed by atoms with Gasteiger partial charge in [-0.3, -0.25) is 0 Å². The van der Waals surface area contributed by atoms with E-state index >= 15 is 0 Å². The van der Waals surface area contributed by atoms with Gasteiger partial charge in [0, 0.05) is 0 Å². The number of unbranched alkanes of at least 4 members (excludes halogenated alkanes) is 1. The average molecular weight is 188 g/mol. The van der Waals surface area contributed by atoms with E-state index in [-0.39, 0.29) is 0 Å². The van der Waals surface area contributed by atoms with Crippen molar-refractivity contribution in [2.24, 2.45) is 0 Å². The number of hydrogen-bond acceptors (Lipinski definition) is 0. The zero-order valence-electron chi connectivity index (χ0n) is 9.34. The lowest BCUT2D eigenvalue weighted by molar-refractivity contribution is 0.831. The Morgan fingerprint density at radius 2 is 2.07 bits per heavy atom. The molecule has 1 aromatic rings. The van der Waals surface area contributed by atoms with Crippen LogP contribution in [0, 0.1) is 6.92 Å². The van der Waals surface area contributed by atoms with E-state index in [2.05, 4.69) is 38.6 Å². The Bertz CT molecular complexity index is 297. The van der Waals surface area contributed by atoms with Crippen LogP contribution in [-0.4, -0.2) is 0 Å².